The third kappa shape index (κ3) is 3.33. The van der Waals surface area contributed by atoms with E-state index in [1.807, 2.05) is 0 Å². The Bertz CT molecular complexity index is 377. The number of piperazine rings is 1. The molecule has 18 heavy (non-hydrogen) atoms. The summed E-state index contributed by atoms with van der Waals surface area (Å²) in [6.07, 6.45) is -0.388. The Balaban J connectivity index is 2.56. The van der Waals surface area contributed by atoms with E-state index in [0.29, 0.717) is 32.8 Å². The summed E-state index contributed by atoms with van der Waals surface area (Å²) >= 11 is 0. The largest absolute Gasteiger partial charge is 0.450 e. The highest BCUT2D eigenvalue weighted by atomic mass is 32.2. The van der Waals surface area contributed by atoms with Crippen LogP contribution >= 0.6 is 0 Å². The molecular weight excluding hydrogens is 258 g/mol. The van der Waals surface area contributed by atoms with Gasteiger partial charge >= 0.3 is 6.09 Å². The van der Waals surface area contributed by atoms with Gasteiger partial charge in [-0.3, -0.25) is 0 Å². The minimum Gasteiger partial charge on any atom is -0.450 e. The van der Waals surface area contributed by atoms with Crippen LogP contribution in [0.15, 0.2) is 0 Å². The van der Waals surface area contributed by atoms with E-state index in [2.05, 4.69) is 0 Å². The molecule has 0 aromatic carbocycles. The van der Waals surface area contributed by atoms with Crippen molar-refractivity contribution in [1.29, 1.82) is 0 Å². The molecule has 8 heteroatoms. The zero-order valence-electron chi connectivity index (χ0n) is 10.8. The van der Waals surface area contributed by atoms with E-state index >= 15 is 0 Å². The number of nitrogens with two attached hydrogens (primary N) is 1. The van der Waals surface area contributed by atoms with Gasteiger partial charge in [0, 0.05) is 32.7 Å². The predicted octanol–water partition coefficient (Wildman–Crippen LogP) is -0.562. The summed E-state index contributed by atoms with van der Waals surface area (Å²) in [4.78, 5) is 13.0. The number of amides is 1. The Kier molecular flexibility index (Phi) is 5.36. The molecular formula is C10H21N3O4S. The van der Waals surface area contributed by atoms with Crippen molar-refractivity contribution in [3.8, 4) is 0 Å². The van der Waals surface area contributed by atoms with Crippen molar-refractivity contribution in [1.82, 2.24) is 9.21 Å². The Morgan fingerprint density at radius 2 is 1.89 bits per heavy atom. The molecule has 106 valence electrons. The molecule has 1 saturated heterocycles. The number of rotatable bonds is 4. The first-order valence-corrected chi connectivity index (χ1v) is 7.54. The fraction of sp³-hybridized carbons (Fsp3) is 0.900. The second-order valence-electron chi connectivity index (χ2n) is 4.18. The van der Waals surface area contributed by atoms with Crippen LogP contribution in [0.2, 0.25) is 0 Å². The standard InChI is InChI=1S/C10H21N3O4S/c1-3-17-10(14)12-4-6-13(7-5-12)18(15,16)9(2)8-11/h9H,3-8,11H2,1-2H3. The minimum absolute atomic E-state index is 0.0976. The maximum Gasteiger partial charge on any atom is 0.409 e. The van der Waals surface area contributed by atoms with Crippen LogP contribution in [0.3, 0.4) is 0 Å². The van der Waals surface area contributed by atoms with Gasteiger partial charge in [-0.2, -0.15) is 4.31 Å². The molecule has 1 aliphatic heterocycles. The van der Waals surface area contributed by atoms with Gasteiger partial charge < -0.3 is 15.4 Å². The van der Waals surface area contributed by atoms with Crippen molar-refractivity contribution in [2.45, 2.75) is 19.1 Å². The summed E-state index contributed by atoms with van der Waals surface area (Å²) in [5.41, 5.74) is 5.39. The van der Waals surface area contributed by atoms with Gasteiger partial charge in [0.1, 0.15) is 0 Å². The van der Waals surface area contributed by atoms with Crippen LogP contribution in [0.5, 0.6) is 0 Å². The number of hydrogen-bond donors (Lipinski definition) is 1. The maximum absolute atomic E-state index is 12.0. The quantitative estimate of drug-likeness (QED) is 0.744. The molecule has 1 heterocycles. The van der Waals surface area contributed by atoms with Gasteiger partial charge in [-0.15, -0.1) is 0 Å². The van der Waals surface area contributed by atoms with E-state index < -0.39 is 15.3 Å². The van der Waals surface area contributed by atoms with Crippen LogP contribution in [0.4, 0.5) is 4.79 Å². The molecule has 0 aliphatic carbocycles. The zero-order chi connectivity index (χ0) is 13.8. The van der Waals surface area contributed by atoms with E-state index in [1.165, 1.54) is 9.21 Å². The van der Waals surface area contributed by atoms with Crippen LogP contribution in [-0.2, 0) is 14.8 Å². The molecule has 0 radical (unpaired) electrons. The highest BCUT2D eigenvalue weighted by molar-refractivity contribution is 7.89. The maximum atomic E-state index is 12.0. The number of sulfonamides is 1. The van der Waals surface area contributed by atoms with Crippen LogP contribution in [0, 0.1) is 0 Å². The first-order valence-electron chi connectivity index (χ1n) is 6.04. The Labute approximate surface area is 108 Å². The summed E-state index contributed by atoms with van der Waals surface area (Å²) < 4.78 is 30.3. The summed E-state index contributed by atoms with van der Waals surface area (Å²) in [7, 11) is -3.34. The van der Waals surface area contributed by atoms with Crippen molar-refractivity contribution >= 4 is 16.1 Å². The average Bonchev–Trinajstić information content (AvgIpc) is 2.38. The SMILES string of the molecule is CCOC(=O)N1CCN(S(=O)(=O)C(C)CN)CC1. The van der Waals surface area contributed by atoms with Gasteiger partial charge in [0.15, 0.2) is 0 Å². The molecule has 0 spiro atoms. The summed E-state index contributed by atoms with van der Waals surface area (Å²) in [6, 6.07) is 0. The number of ether oxygens (including phenoxy) is 1. The topological polar surface area (TPSA) is 92.9 Å². The van der Waals surface area contributed by atoms with E-state index in [4.69, 9.17) is 10.5 Å². The third-order valence-electron chi connectivity index (χ3n) is 2.96. The summed E-state index contributed by atoms with van der Waals surface area (Å²) in [5, 5.41) is -0.591. The van der Waals surface area contributed by atoms with Crippen molar-refractivity contribution < 1.29 is 17.9 Å². The van der Waals surface area contributed by atoms with Gasteiger partial charge in [-0.1, -0.05) is 0 Å². The first kappa shape index (κ1) is 15.2. The van der Waals surface area contributed by atoms with Crippen LogP contribution < -0.4 is 5.73 Å². The molecule has 1 aliphatic rings. The Morgan fingerprint density at radius 3 is 2.33 bits per heavy atom. The van der Waals surface area contributed by atoms with Gasteiger partial charge in [-0.05, 0) is 13.8 Å². The van der Waals surface area contributed by atoms with Crippen molar-refractivity contribution in [2.75, 3.05) is 39.3 Å². The average molecular weight is 279 g/mol. The fourth-order valence-electron chi connectivity index (χ4n) is 1.72. The number of nitrogens with zero attached hydrogens (tertiary/aromatic N) is 2. The lowest BCUT2D eigenvalue weighted by Crippen LogP contribution is -2.53. The molecule has 0 aromatic rings. The van der Waals surface area contributed by atoms with Crippen LogP contribution in [0.25, 0.3) is 0 Å². The number of hydrogen-bond acceptors (Lipinski definition) is 5. The minimum atomic E-state index is -3.34. The molecule has 1 fully saturated rings. The number of carbonyl (C=O) groups excluding carboxylic acids is 1. The molecule has 1 amide bonds. The van der Waals surface area contributed by atoms with Gasteiger partial charge in [0.05, 0.1) is 11.9 Å². The highest BCUT2D eigenvalue weighted by Crippen LogP contribution is 2.12. The molecule has 2 N–H and O–H groups in total. The normalized spacial score (nSPS) is 19.6. The number of carbonyl (C=O) groups is 1. The smallest absolute Gasteiger partial charge is 0.409 e. The molecule has 0 saturated carbocycles. The second kappa shape index (κ2) is 6.35. The lowest BCUT2D eigenvalue weighted by molar-refractivity contribution is 0.0933. The fourth-order valence-corrected chi connectivity index (χ4v) is 3.14. The highest BCUT2D eigenvalue weighted by Gasteiger charge is 2.32. The molecule has 1 rings (SSSR count). The first-order chi connectivity index (χ1) is 8.43. The zero-order valence-corrected chi connectivity index (χ0v) is 11.6. The third-order valence-corrected chi connectivity index (χ3v) is 5.26. The van der Waals surface area contributed by atoms with Crippen LogP contribution in [-0.4, -0.2) is 68.3 Å². The summed E-state index contributed by atoms with van der Waals surface area (Å²) in [5.74, 6) is 0. The van der Waals surface area contributed by atoms with E-state index in [0.717, 1.165) is 0 Å². The summed E-state index contributed by atoms with van der Waals surface area (Å²) in [6.45, 7) is 5.05. The van der Waals surface area contributed by atoms with Crippen LogP contribution in [0.1, 0.15) is 13.8 Å². The van der Waals surface area contributed by atoms with Crippen molar-refractivity contribution in [3.05, 3.63) is 0 Å². The predicted molar refractivity (Wildman–Crippen MR) is 67.6 cm³/mol. The van der Waals surface area contributed by atoms with Crippen molar-refractivity contribution in [2.24, 2.45) is 5.73 Å². The van der Waals surface area contributed by atoms with E-state index in [9.17, 15) is 13.2 Å². The van der Waals surface area contributed by atoms with E-state index in [-0.39, 0.29) is 12.6 Å². The molecule has 0 bridgehead atoms. The molecule has 1 unspecified atom stereocenters. The lowest BCUT2D eigenvalue weighted by Gasteiger charge is -2.34. The Morgan fingerprint density at radius 1 is 1.33 bits per heavy atom. The monoisotopic (exact) mass is 279 g/mol. The lowest BCUT2D eigenvalue weighted by atomic mass is 10.4. The van der Waals surface area contributed by atoms with Gasteiger partial charge in [0.25, 0.3) is 0 Å². The second-order valence-corrected chi connectivity index (χ2v) is 6.53. The van der Waals surface area contributed by atoms with Crippen molar-refractivity contribution in [3.63, 3.8) is 0 Å². The van der Waals surface area contributed by atoms with E-state index in [1.54, 1.807) is 13.8 Å². The molecule has 7 nitrogen and oxygen atoms in total. The molecule has 0 aromatic heterocycles. The molecule has 1 atom stereocenters. The van der Waals surface area contributed by atoms with Gasteiger partial charge in [0.2, 0.25) is 10.0 Å². The Hall–Kier alpha value is -0.860. The van der Waals surface area contributed by atoms with Gasteiger partial charge in [-0.25, -0.2) is 13.2 Å².